The Morgan fingerprint density at radius 1 is 1.38 bits per heavy atom. The highest BCUT2D eigenvalue weighted by Gasteiger charge is 2.35. The Labute approximate surface area is 123 Å². The van der Waals surface area contributed by atoms with E-state index < -0.39 is 17.6 Å². The molecule has 1 atom stereocenters. The highest BCUT2D eigenvalue weighted by molar-refractivity contribution is 6.00. The Bertz CT molecular complexity index is 500. The molecule has 0 aromatic heterocycles. The number of nitrogens with zero attached hydrogens (tertiary/aromatic N) is 1. The molecule has 1 aromatic rings. The molecular formula is C15H21F3N2O. The fourth-order valence-corrected chi connectivity index (χ4v) is 2.12. The molecule has 0 saturated carbocycles. The van der Waals surface area contributed by atoms with Crippen molar-refractivity contribution < 1.29 is 18.0 Å². The average molecular weight is 302 g/mol. The van der Waals surface area contributed by atoms with Gasteiger partial charge >= 0.3 is 6.18 Å². The van der Waals surface area contributed by atoms with Gasteiger partial charge in [0.15, 0.2) is 0 Å². The van der Waals surface area contributed by atoms with Crippen molar-refractivity contribution in [1.29, 1.82) is 0 Å². The zero-order valence-electron chi connectivity index (χ0n) is 12.7. The highest BCUT2D eigenvalue weighted by atomic mass is 19.4. The lowest BCUT2D eigenvalue weighted by molar-refractivity contribution is -0.136. The third kappa shape index (κ3) is 4.12. The summed E-state index contributed by atoms with van der Waals surface area (Å²) in [5.41, 5.74) is -0.961. The van der Waals surface area contributed by atoms with Crippen LogP contribution in [-0.4, -0.2) is 31.4 Å². The Hall–Kier alpha value is -1.72. The van der Waals surface area contributed by atoms with Gasteiger partial charge in [-0.3, -0.25) is 4.79 Å². The van der Waals surface area contributed by atoms with Crippen LogP contribution in [0.4, 0.5) is 18.9 Å². The van der Waals surface area contributed by atoms with Crippen LogP contribution < -0.4 is 5.32 Å². The number of amides is 1. The van der Waals surface area contributed by atoms with Gasteiger partial charge in [0.1, 0.15) is 0 Å². The highest BCUT2D eigenvalue weighted by Crippen LogP contribution is 2.36. The first-order chi connectivity index (χ1) is 9.72. The molecule has 1 amide bonds. The summed E-state index contributed by atoms with van der Waals surface area (Å²) >= 11 is 0. The first-order valence-electron chi connectivity index (χ1n) is 6.85. The van der Waals surface area contributed by atoms with Crippen LogP contribution in [-0.2, 0) is 6.18 Å². The Morgan fingerprint density at radius 2 is 2.00 bits per heavy atom. The molecule has 0 aliphatic carbocycles. The smallest absolute Gasteiger partial charge is 0.387 e. The second kappa shape index (κ2) is 6.83. The van der Waals surface area contributed by atoms with E-state index in [1.54, 1.807) is 7.05 Å². The maximum Gasteiger partial charge on any atom is 0.418 e. The Kier molecular flexibility index (Phi) is 5.63. The molecule has 0 heterocycles. The number of rotatable bonds is 5. The normalized spacial score (nSPS) is 12.9. The second-order valence-electron chi connectivity index (χ2n) is 5.17. The molecule has 6 heteroatoms. The molecule has 0 radical (unpaired) electrons. The maximum atomic E-state index is 13.0. The van der Waals surface area contributed by atoms with Crippen molar-refractivity contribution in [3.63, 3.8) is 0 Å². The molecule has 0 bridgehead atoms. The van der Waals surface area contributed by atoms with Gasteiger partial charge in [0.2, 0.25) is 0 Å². The lowest BCUT2D eigenvalue weighted by Gasteiger charge is -2.23. The van der Waals surface area contributed by atoms with Gasteiger partial charge in [-0.05, 0) is 18.1 Å². The van der Waals surface area contributed by atoms with E-state index in [0.717, 1.165) is 12.5 Å². The molecule has 1 unspecified atom stereocenters. The van der Waals surface area contributed by atoms with E-state index in [0.29, 0.717) is 12.5 Å². The van der Waals surface area contributed by atoms with Crippen LogP contribution in [0.3, 0.4) is 0 Å². The van der Waals surface area contributed by atoms with E-state index in [1.807, 2.05) is 13.8 Å². The van der Waals surface area contributed by atoms with Crippen molar-refractivity contribution in [2.24, 2.45) is 5.92 Å². The summed E-state index contributed by atoms with van der Waals surface area (Å²) in [5.74, 6) is -0.117. The molecule has 3 nitrogen and oxygen atoms in total. The monoisotopic (exact) mass is 302 g/mol. The van der Waals surface area contributed by atoms with Gasteiger partial charge in [-0.15, -0.1) is 0 Å². The number of anilines is 1. The van der Waals surface area contributed by atoms with Crippen molar-refractivity contribution in [1.82, 2.24) is 4.90 Å². The first kappa shape index (κ1) is 17.3. The van der Waals surface area contributed by atoms with Crippen LogP contribution in [0, 0.1) is 5.92 Å². The quantitative estimate of drug-likeness (QED) is 0.895. The van der Waals surface area contributed by atoms with Crippen LogP contribution in [0.2, 0.25) is 0 Å². The number of para-hydroxylation sites is 1. The third-order valence-corrected chi connectivity index (χ3v) is 3.48. The van der Waals surface area contributed by atoms with Crippen LogP contribution in [0.5, 0.6) is 0 Å². The van der Waals surface area contributed by atoms with E-state index in [-0.39, 0.29) is 11.3 Å². The molecule has 118 valence electrons. The predicted octanol–water partition coefficient (Wildman–Crippen LogP) is 3.87. The fourth-order valence-electron chi connectivity index (χ4n) is 2.12. The lowest BCUT2D eigenvalue weighted by Crippen LogP contribution is -2.31. The summed E-state index contributed by atoms with van der Waals surface area (Å²) in [5, 5.41) is 2.51. The number of hydrogen-bond acceptors (Lipinski definition) is 2. The van der Waals surface area contributed by atoms with Crippen molar-refractivity contribution in [3.05, 3.63) is 29.3 Å². The number of alkyl halides is 3. The third-order valence-electron chi connectivity index (χ3n) is 3.48. The summed E-state index contributed by atoms with van der Waals surface area (Å²) in [6.07, 6.45) is -3.59. The van der Waals surface area contributed by atoms with E-state index in [2.05, 4.69) is 5.32 Å². The zero-order valence-corrected chi connectivity index (χ0v) is 12.7. The number of nitrogens with one attached hydrogen (secondary N) is 1. The maximum absolute atomic E-state index is 13.0. The number of carbonyl (C=O) groups is 1. The van der Waals surface area contributed by atoms with Gasteiger partial charge in [0, 0.05) is 20.6 Å². The molecule has 1 aromatic carbocycles. The molecule has 0 saturated heterocycles. The summed E-state index contributed by atoms with van der Waals surface area (Å²) in [6.45, 7) is 4.51. The summed E-state index contributed by atoms with van der Waals surface area (Å²) in [7, 11) is 2.99. The van der Waals surface area contributed by atoms with Gasteiger partial charge < -0.3 is 10.2 Å². The molecule has 0 aliphatic rings. The minimum atomic E-state index is -4.50. The largest absolute Gasteiger partial charge is 0.418 e. The van der Waals surface area contributed by atoms with E-state index in [9.17, 15) is 18.0 Å². The molecule has 0 fully saturated rings. The number of halogens is 3. The van der Waals surface area contributed by atoms with Crippen molar-refractivity contribution >= 4 is 11.6 Å². The van der Waals surface area contributed by atoms with Crippen LogP contribution in [0.15, 0.2) is 18.2 Å². The van der Waals surface area contributed by atoms with Gasteiger partial charge in [0.05, 0.1) is 16.8 Å². The van der Waals surface area contributed by atoms with Crippen molar-refractivity contribution in [2.75, 3.05) is 26.0 Å². The van der Waals surface area contributed by atoms with E-state index in [1.165, 1.54) is 24.1 Å². The van der Waals surface area contributed by atoms with Gasteiger partial charge in [-0.25, -0.2) is 0 Å². The first-order valence-corrected chi connectivity index (χ1v) is 6.85. The summed E-state index contributed by atoms with van der Waals surface area (Å²) in [6, 6.07) is 3.64. The lowest BCUT2D eigenvalue weighted by atomic mass is 10.0. The second-order valence-corrected chi connectivity index (χ2v) is 5.17. The fraction of sp³-hybridized carbons (Fsp3) is 0.533. The predicted molar refractivity (Wildman–Crippen MR) is 77.4 cm³/mol. The minimum absolute atomic E-state index is 0.0399. The average Bonchev–Trinajstić information content (AvgIpc) is 2.44. The molecule has 0 spiro atoms. The van der Waals surface area contributed by atoms with Crippen molar-refractivity contribution in [2.45, 2.75) is 26.4 Å². The number of benzene rings is 1. The Morgan fingerprint density at radius 3 is 2.48 bits per heavy atom. The Balaban J connectivity index is 3.16. The zero-order chi connectivity index (χ0) is 16.2. The van der Waals surface area contributed by atoms with E-state index >= 15 is 0 Å². The standard InChI is InChI=1S/C15H21F3N2O/c1-5-10(2)9-20(4)14(21)11-7-6-8-12(13(11)19-3)15(16,17)18/h6-8,10,19H,5,9H2,1-4H3. The minimum Gasteiger partial charge on any atom is -0.387 e. The molecule has 1 rings (SSSR count). The van der Waals surface area contributed by atoms with Crippen molar-refractivity contribution in [3.8, 4) is 0 Å². The number of carbonyl (C=O) groups excluding carboxylic acids is 1. The molecular weight excluding hydrogens is 281 g/mol. The van der Waals surface area contributed by atoms with Gasteiger partial charge in [-0.1, -0.05) is 26.3 Å². The van der Waals surface area contributed by atoms with Crippen LogP contribution >= 0.6 is 0 Å². The summed E-state index contributed by atoms with van der Waals surface area (Å²) < 4.78 is 38.9. The summed E-state index contributed by atoms with van der Waals surface area (Å²) in [4.78, 5) is 13.8. The molecule has 1 N–H and O–H groups in total. The SMILES string of the molecule is CCC(C)CN(C)C(=O)c1cccc(C(F)(F)F)c1NC. The number of hydrogen-bond donors (Lipinski definition) is 1. The van der Waals surface area contributed by atoms with Gasteiger partial charge in [-0.2, -0.15) is 13.2 Å². The topological polar surface area (TPSA) is 32.3 Å². The molecule has 0 aliphatic heterocycles. The van der Waals surface area contributed by atoms with Crippen LogP contribution in [0.25, 0.3) is 0 Å². The van der Waals surface area contributed by atoms with Gasteiger partial charge in [0.25, 0.3) is 5.91 Å². The molecule has 21 heavy (non-hydrogen) atoms. The van der Waals surface area contributed by atoms with E-state index in [4.69, 9.17) is 0 Å². The van der Waals surface area contributed by atoms with Crippen LogP contribution in [0.1, 0.15) is 36.2 Å².